The third-order valence-electron chi connectivity index (χ3n) is 3.23. The number of esters is 1. The molecule has 1 saturated heterocycles. The van der Waals surface area contributed by atoms with Gasteiger partial charge in [0.25, 0.3) is 0 Å². The molecule has 112 valence electrons. The molecule has 1 heterocycles. The first-order chi connectivity index (χ1) is 9.29. The average Bonchev–Trinajstić information content (AvgIpc) is 2.48. The molecule has 0 aliphatic carbocycles. The molecule has 2 N–H and O–H groups in total. The normalized spacial score (nSPS) is 21.9. The van der Waals surface area contributed by atoms with Crippen molar-refractivity contribution in [1.82, 2.24) is 10.8 Å². The largest absolute Gasteiger partial charge is 0.468 e. The minimum Gasteiger partial charge on any atom is -0.468 e. The van der Waals surface area contributed by atoms with Crippen molar-refractivity contribution in [3.8, 4) is 0 Å². The van der Waals surface area contributed by atoms with E-state index in [2.05, 4.69) is 10.8 Å². The van der Waals surface area contributed by atoms with Gasteiger partial charge in [0.1, 0.15) is 6.04 Å². The molecular formula is C14H21ClN2O3. The molecule has 0 aromatic heterocycles. The van der Waals surface area contributed by atoms with Gasteiger partial charge >= 0.3 is 5.97 Å². The smallest absolute Gasteiger partial charge is 0.322 e. The number of halogens is 1. The second-order valence-electron chi connectivity index (χ2n) is 4.65. The van der Waals surface area contributed by atoms with Crippen molar-refractivity contribution < 1.29 is 14.4 Å². The molecule has 2 atom stereocenters. The van der Waals surface area contributed by atoms with Crippen molar-refractivity contribution in [2.75, 3.05) is 13.7 Å². The number of carbonyl (C=O) groups excluding carboxylic acids is 1. The Balaban J connectivity index is 0.00000200. The SMILES string of the molecule is COC(=O)[C@@H]1CC[C@@H](NOCc2ccccc2)CN1.Cl. The zero-order valence-electron chi connectivity index (χ0n) is 11.5. The van der Waals surface area contributed by atoms with Gasteiger partial charge in [0, 0.05) is 12.6 Å². The lowest BCUT2D eigenvalue weighted by Gasteiger charge is -2.28. The van der Waals surface area contributed by atoms with Crippen molar-refractivity contribution in [3.05, 3.63) is 35.9 Å². The highest BCUT2D eigenvalue weighted by molar-refractivity contribution is 5.85. The van der Waals surface area contributed by atoms with Crippen molar-refractivity contribution in [2.24, 2.45) is 0 Å². The van der Waals surface area contributed by atoms with Gasteiger partial charge in [0.05, 0.1) is 13.7 Å². The summed E-state index contributed by atoms with van der Waals surface area (Å²) in [4.78, 5) is 16.8. The van der Waals surface area contributed by atoms with Crippen LogP contribution < -0.4 is 10.8 Å². The Kier molecular flexibility index (Phi) is 7.54. The monoisotopic (exact) mass is 300 g/mol. The fraction of sp³-hybridized carbons (Fsp3) is 0.500. The summed E-state index contributed by atoms with van der Waals surface area (Å²) < 4.78 is 4.71. The first-order valence-corrected chi connectivity index (χ1v) is 6.52. The molecule has 0 spiro atoms. The number of rotatable bonds is 5. The Morgan fingerprint density at radius 2 is 2.10 bits per heavy atom. The highest BCUT2D eigenvalue weighted by Gasteiger charge is 2.26. The van der Waals surface area contributed by atoms with Crippen LogP contribution in [0, 0.1) is 0 Å². The topological polar surface area (TPSA) is 59.6 Å². The fourth-order valence-corrected chi connectivity index (χ4v) is 2.12. The summed E-state index contributed by atoms with van der Waals surface area (Å²) in [5.74, 6) is -0.191. The quantitative estimate of drug-likeness (QED) is 0.636. The van der Waals surface area contributed by atoms with Crippen LogP contribution in [0.4, 0.5) is 0 Å². The number of nitrogens with one attached hydrogen (secondary N) is 2. The van der Waals surface area contributed by atoms with Gasteiger partial charge in [-0.15, -0.1) is 12.4 Å². The molecule has 1 fully saturated rings. The number of piperidine rings is 1. The Morgan fingerprint density at radius 1 is 1.35 bits per heavy atom. The van der Waals surface area contributed by atoms with E-state index in [0.717, 1.165) is 18.4 Å². The lowest BCUT2D eigenvalue weighted by Crippen LogP contribution is -2.50. The highest BCUT2D eigenvalue weighted by atomic mass is 35.5. The molecule has 0 radical (unpaired) electrons. The maximum Gasteiger partial charge on any atom is 0.322 e. The molecule has 1 aromatic carbocycles. The molecule has 1 aliphatic rings. The van der Waals surface area contributed by atoms with E-state index in [1.54, 1.807) is 0 Å². The molecule has 0 unspecified atom stereocenters. The maximum atomic E-state index is 11.3. The first kappa shape index (κ1) is 16.9. The summed E-state index contributed by atoms with van der Waals surface area (Å²) >= 11 is 0. The Morgan fingerprint density at radius 3 is 2.70 bits per heavy atom. The van der Waals surface area contributed by atoms with E-state index in [1.165, 1.54) is 7.11 Å². The third kappa shape index (κ3) is 5.09. The number of methoxy groups -OCH3 is 1. The molecule has 0 amide bonds. The highest BCUT2D eigenvalue weighted by Crippen LogP contribution is 2.10. The number of hydrogen-bond acceptors (Lipinski definition) is 5. The second kappa shape index (κ2) is 8.92. The van der Waals surface area contributed by atoms with E-state index in [4.69, 9.17) is 9.57 Å². The first-order valence-electron chi connectivity index (χ1n) is 6.52. The van der Waals surface area contributed by atoms with Crippen LogP contribution in [0.1, 0.15) is 18.4 Å². The zero-order chi connectivity index (χ0) is 13.5. The van der Waals surface area contributed by atoms with E-state index in [1.807, 2.05) is 30.3 Å². The standard InChI is InChI=1S/C14H20N2O3.ClH/c1-18-14(17)13-8-7-12(9-15-13)16-19-10-11-5-3-2-4-6-11;/h2-6,12-13,15-16H,7-10H2,1H3;1H/t12-,13+;/m1./s1. The number of carbonyl (C=O) groups is 1. The molecule has 5 nitrogen and oxygen atoms in total. The Labute approximate surface area is 125 Å². The van der Waals surface area contributed by atoms with Gasteiger partial charge < -0.3 is 10.1 Å². The average molecular weight is 301 g/mol. The van der Waals surface area contributed by atoms with Gasteiger partial charge in [0.2, 0.25) is 0 Å². The number of hydrogen-bond donors (Lipinski definition) is 2. The molecule has 6 heteroatoms. The Hall–Kier alpha value is -1.14. The minimum absolute atomic E-state index is 0. The second-order valence-corrected chi connectivity index (χ2v) is 4.65. The summed E-state index contributed by atoms with van der Waals surface area (Å²) in [6.45, 7) is 1.24. The van der Waals surface area contributed by atoms with Crippen LogP contribution in [-0.4, -0.2) is 31.7 Å². The Bertz CT molecular complexity index is 395. The third-order valence-corrected chi connectivity index (χ3v) is 3.23. The van der Waals surface area contributed by atoms with E-state index in [-0.39, 0.29) is 30.5 Å². The summed E-state index contributed by atoms with van der Waals surface area (Å²) in [7, 11) is 1.41. The molecule has 1 aliphatic heterocycles. The number of benzene rings is 1. The van der Waals surface area contributed by atoms with Gasteiger partial charge in [-0.1, -0.05) is 30.3 Å². The molecular weight excluding hydrogens is 280 g/mol. The number of hydroxylamine groups is 1. The summed E-state index contributed by atoms with van der Waals surface area (Å²) in [5.41, 5.74) is 4.16. The van der Waals surface area contributed by atoms with Crippen molar-refractivity contribution in [2.45, 2.75) is 31.5 Å². The number of ether oxygens (including phenoxy) is 1. The molecule has 0 saturated carbocycles. The van der Waals surface area contributed by atoms with Crippen LogP contribution in [-0.2, 0) is 21.0 Å². The van der Waals surface area contributed by atoms with E-state index >= 15 is 0 Å². The van der Waals surface area contributed by atoms with Crippen LogP contribution in [0.5, 0.6) is 0 Å². The zero-order valence-corrected chi connectivity index (χ0v) is 12.3. The lowest BCUT2D eigenvalue weighted by atomic mass is 10.0. The van der Waals surface area contributed by atoms with Gasteiger partial charge in [-0.3, -0.25) is 9.63 Å². The summed E-state index contributed by atoms with van der Waals surface area (Å²) in [6.07, 6.45) is 1.65. The van der Waals surface area contributed by atoms with Crippen molar-refractivity contribution in [3.63, 3.8) is 0 Å². The van der Waals surface area contributed by atoms with Crippen molar-refractivity contribution >= 4 is 18.4 Å². The summed E-state index contributed by atoms with van der Waals surface area (Å²) in [6, 6.07) is 10.0. The van der Waals surface area contributed by atoms with Crippen LogP contribution in [0.15, 0.2) is 30.3 Å². The molecule has 0 bridgehead atoms. The molecule has 2 rings (SSSR count). The predicted octanol–water partition coefficient (Wildman–Crippen LogP) is 1.42. The maximum absolute atomic E-state index is 11.3. The van der Waals surface area contributed by atoms with Gasteiger partial charge in [0.15, 0.2) is 0 Å². The predicted molar refractivity (Wildman–Crippen MR) is 78.4 cm³/mol. The van der Waals surface area contributed by atoms with Crippen LogP contribution in [0.2, 0.25) is 0 Å². The van der Waals surface area contributed by atoms with Gasteiger partial charge in [-0.25, -0.2) is 0 Å². The minimum atomic E-state index is -0.191. The van der Waals surface area contributed by atoms with E-state index in [9.17, 15) is 4.79 Å². The van der Waals surface area contributed by atoms with Gasteiger partial charge in [-0.2, -0.15) is 5.48 Å². The van der Waals surface area contributed by atoms with E-state index < -0.39 is 0 Å². The van der Waals surface area contributed by atoms with Crippen LogP contribution in [0.3, 0.4) is 0 Å². The van der Waals surface area contributed by atoms with Crippen LogP contribution >= 0.6 is 12.4 Å². The van der Waals surface area contributed by atoms with E-state index in [0.29, 0.717) is 13.2 Å². The molecule has 1 aromatic rings. The van der Waals surface area contributed by atoms with Crippen molar-refractivity contribution in [1.29, 1.82) is 0 Å². The summed E-state index contributed by atoms with van der Waals surface area (Å²) in [5, 5.41) is 3.15. The molecule has 20 heavy (non-hydrogen) atoms. The fourth-order valence-electron chi connectivity index (χ4n) is 2.12. The van der Waals surface area contributed by atoms with Gasteiger partial charge in [-0.05, 0) is 18.4 Å². The lowest BCUT2D eigenvalue weighted by molar-refractivity contribution is -0.144. The van der Waals surface area contributed by atoms with Crippen LogP contribution in [0.25, 0.3) is 0 Å².